The van der Waals surface area contributed by atoms with Gasteiger partial charge < -0.3 is 19.4 Å². The van der Waals surface area contributed by atoms with E-state index in [0.717, 1.165) is 28.1 Å². The van der Waals surface area contributed by atoms with E-state index in [9.17, 15) is 9.18 Å². The molecule has 154 valence electrons. The van der Waals surface area contributed by atoms with Crippen LogP contribution in [-0.2, 0) is 6.54 Å². The molecule has 0 unspecified atom stereocenters. The minimum Gasteiger partial charge on any atom is -0.490 e. The van der Waals surface area contributed by atoms with Gasteiger partial charge in [0, 0.05) is 11.3 Å². The summed E-state index contributed by atoms with van der Waals surface area (Å²) < 4.78 is 26.0. The lowest BCUT2D eigenvalue weighted by atomic mass is 10.1. The summed E-state index contributed by atoms with van der Waals surface area (Å²) in [5, 5.41) is 3.26. The number of rotatable bonds is 5. The Labute approximate surface area is 177 Å². The molecule has 1 aliphatic rings. The van der Waals surface area contributed by atoms with E-state index in [0.29, 0.717) is 19.1 Å². The van der Waals surface area contributed by atoms with Gasteiger partial charge in [0.25, 0.3) is 0 Å². The van der Waals surface area contributed by atoms with Gasteiger partial charge in [-0.1, -0.05) is 23.7 Å². The quantitative estimate of drug-likeness (QED) is 0.647. The normalized spacial score (nSPS) is 12.3. The van der Waals surface area contributed by atoms with Crippen molar-refractivity contribution in [1.29, 1.82) is 0 Å². The van der Waals surface area contributed by atoms with E-state index >= 15 is 0 Å². The molecule has 2 heterocycles. The summed E-state index contributed by atoms with van der Waals surface area (Å²) >= 11 is 5.91. The Hall–Kier alpha value is -3.32. The minimum atomic E-state index is -0.493. The second kappa shape index (κ2) is 8.20. The highest BCUT2D eigenvalue weighted by atomic mass is 35.5. The first-order chi connectivity index (χ1) is 14.4. The van der Waals surface area contributed by atoms with E-state index in [4.69, 9.17) is 21.1 Å². The number of anilines is 2. The molecule has 6 nitrogen and oxygen atoms in total. The van der Waals surface area contributed by atoms with Crippen molar-refractivity contribution in [2.24, 2.45) is 0 Å². The molecule has 1 aliphatic heterocycles. The summed E-state index contributed by atoms with van der Waals surface area (Å²) in [7, 11) is 1.41. The van der Waals surface area contributed by atoms with E-state index in [1.807, 2.05) is 31.2 Å². The number of hydrogen-bond acceptors (Lipinski definition) is 5. The standard InChI is InChI=1S/C22H19ClFN3O3/c1-13-8-19-15(4-3-7-30-19)10-18(13)25-22-26-21(28)20(29-2)12-27(22)11-14-5-6-17(24)16(23)9-14/h3-6,8-10,12H,7,11H2,1-2H3,(H,25,26,28). The lowest BCUT2D eigenvalue weighted by molar-refractivity contribution is 0.358. The van der Waals surface area contributed by atoms with Crippen LogP contribution >= 0.6 is 11.6 Å². The van der Waals surface area contributed by atoms with Crippen LogP contribution in [0.15, 0.2) is 47.4 Å². The van der Waals surface area contributed by atoms with Gasteiger partial charge in [-0.05, 0) is 48.4 Å². The van der Waals surface area contributed by atoms with Gasteiger partial charge >= 0.3 is 5.56 Å². The van der Waals surface area contributed by atoms with Crippen molar-refractivity contribution in [3.8, 4) is 11.5 Å². The topological polar surface area (TPSA) is 65.4 Å². The van der Waals surface area contributed by atoms with Gasteiger partial charge in [-0.15, -0.1) is 0 Å². The van der Waals surface area contributed by atoms with E-state index < -0.39 is 11.4 Å². The fourth-order valence-corrected chi connectivity index (χ4v) is 3.39. The summed E-state index contributed by atoms with van der Waals surface area (Å²) in [6.07, 6.45) is 5.48. The molecule has 0 radical (unpaired) electrons. The second-order valence-electron chi connectivity index (χ2n) is 6.86. The number of nitrogens with zero attached hydrogens (tertiary/aromatic N) is 2. The number of ether oxygens (including phenoxy) is 2. The van der Waals surface area contributed by atoms with Crippen molar-refractivity contribution in [2.45, 2.75) is 13.5 Å². The Kier molecular flexibility index (Phi) is 5.46. The molecule has 1 aromatic heterocycles. The van der Waals surface area contributed by atoms with E-state index in [2.05, 4.69) is 10.3 Å². The predicted molar refractivity (Wildman–Crippen MR) is 115 cm³/mol. The summed E-state index contributed by atoms with van der Waals surface area (Å²) in [5.41, 5.74) is 2.90. The zero-order valence-electron chi connectivity index (χ0n) is 16.4. The van der Waals surface area contributed by atoms with E-state index in [1.165, 1.54) is 19.2 Å². The van der Waals surface area contributed by atoms with Crippen LogP contribution in [0, 0.1) is 12.7 Å². The fourth-order valence-electron chi connectivity index (χ4n) is 3.19. The van der Waals surface area contributed by atoms with Gasteiger partial charge in [0.15, 0.2) is 0 Å². The second-order valence-corrected chi connectivity index (χ2v) is 7.26. The average molecular weight is 428 g/mol. The molecule has 0 fully saturated rings. The van der Waals surface area contributed by atoms with Crippen molar-refractivity contribution in [2.75, 3.05) is 19.0 Å². The smallest absolute Gasteiger partial charge is 0.316 e. The first-order valence-corrected chi connectivity index (χ1v) is 9.63. The van der Waals surface area contributed by atoms with Crippen molar-refractivity contribution in [3.63, 3.8) is 0 Å². The highest BCUT2D eigenvalue weighted by Crippen LogP contribution is 2.31. The van der Waals surface area contributed by atoms with Crippen LogP contribution in [0.3, 0.4) is 0 Å². The van der Waals surface area contributed by atoms with Crippen LogP contribution in [0.2, 0.25) is 5.02 Å². The van der Waals surface area contributed by atoms with Gasteiger partial charge in [0.05, 0.1) is 24.9 Å². The number of aryl methyl sites for hydroxylation is 1. The van der Waals surface area contributed by atoms with Crippen LogP contribution in [0.4, 0.5) is 16.0 Å². The van der Waals surface area contributed by atoms with E-state index in [-0.39, 0.29) is 10.8 Å². The summed E-state index contributed by atoms with van der Waals surface area (Å²) in [4.78, 5) is 16.4. The molecule has 0 saturated heterocycles. The Morgan fingerprint density at radius 1 is 1.33 bits per heavy atom. The lowest BCUT2D eigenvalue weighted by Crippen LogP contribution is -2.19. The molecular weight excluding hydrogens is 409 g/mol. The maximum absolute atomic E-state index is 13.5. The first kappa shape index (κ1) is 20.0. The van der Waals surface area contributed by atoms with Crippen molar-refractivity contribution < 1.29 is 13.9 Å². The van der Waals surface area contributed by atoms with Gasteiger partial charge in [0.1, 0.15) is 18.2 Å². The molecule has 4 rings (SSSR count). The molecule has 0 saturated carbocycles. The monoisotopic (exact) mass is 427 g/mol. The molecule has 30 heavy (non-hydrogen) atoms. The Morgan fingerprint density at radius 3 is 2.93 bits per heavy atom. The predicted octanol–water partition coefficient (Wildman–Crippen LogP) is 4.55. The number of aromatic nitrogens is 2. The fraction of sp³-hybridized carbons (Fsp3) is 0.182. The Morgan fingerprint density at radius 2 is 2.17 bits per heavy atom. The molecule has 3 aromatic rings. The maximum atomic E-state index is 13.5. The van der Waals surface area contributed by atoms with Gasteiger partial charge in [-0.3, -0.25) is 4.79 Å². The highest BCUT2D eigenvalue weighted by molar-refractivity contribution is 6.30. The molecule has 0 amide bonds. The average Bonchev–Trinajstić information content (AvgIpc) is 2.73. The molecule has 0 spiro atoms. The molecule has 0 bridgehead atoms. The summed E-state index contributed by atoms with van der Waals surface area (Å²) in [6, 6.07) is 8.35. The lowest BCUT2D eigenvalue weighted by Gasteiger charge is -2.19. The third kappa shape index (κ3) is 4.02. The molecule has 0 atom stereocenters. The molecule has 1 N–H and O–H groups in total. The number of hydrogen-bond donors (Lipinski definition) is 1. The van der Waals surface area contributed by atoms with Gasteiger partial charge in [-0.2, -0.15) is 4.98 Å². The zero-order chi connectivity index (χ0) is 21.3. The van der Waals surface area contributed by atoms with Crippen LogP contribution in [-0.4, -0.2) is 23.3 Å². The van der Waals surface area contributed by atoms with Crippen molar-refractivity contribution in [1.82, 2.24) is 9.55 Å². The van der Waals surface area contributed by atoms with Crippen LogP contribution in [0.5, 0.6) is 11.5 Å². The molecular formula is C22H19ClFN3O3. The van der Waals surface area contributed by atoms with Crippen LogP contribution in [0.1, 0.15) is 16.7 Å². The zero-order valence-corrected chi connectivity index (χ0v) is 17.2. The number of nitrogens with one attached hydrogen (secondary N) is 1. The van der Waals surface area contributed by atoms with Crippen LogP contribution < -0.4 is 20.3 Å². The number of benzene rings is 2. The number of methoxy groups -OCH3 is 1. The minimum absolute atomic E-state index is 0.0281. The summed E-state index contributed by atoms with van der Waals surface area (Å²) in [6.45, 7) is 2.79. The van der Waals surface area contributed by atoms with Crippen molar-refractivity contribution >= 4 is 29.3 Å². The molecule has 0 aliphatic carbocycles. The maximum Gasteiger partial charge on any atom is 0.316 e. The van der Waals surface area contributed by atoms with Gasteiger partial charge in [-0.25, -0.2) is 4.39 Å². The Balaban J connectivity index is 1.74. The van der Waals surface area contributed by atoms with Crippen LogP contribution in [0.25, 0.3) is 6.08 Å². The third-order valence-corrected chi connectivity index (χ3v) is 5.05. The van der Waals surface area contributed by atoms with Crippen molar-refractivity contribution in [3.05, 3.63) is 80.5 Å². The SMILES string of the molecule is COc1cn(Cc2ccc(F)c(Cl)c2)c(Nc2cc3c(cc2C)OCC=C3)nc1=O. The number of fused-ring (bicyclic) bond motifs is 1. The number of halogens is 2. The van der Waals surface area contributed by atoms with E-state index in [1.54, 1.807) is 16.8 Å². The Bertz CT molecular complexity index is 1210. The largest absolute Gasteiger partial charge is 0.490 e. The molecule has 8 heteroatoms. The first-order valence-electron chi connectivity index (χ1n) is 9.25. The molecule has 2 aromatic carbocycles. The highest BCUT2D eigenvalue weighted by Gasteiger charge is 2.14. The third-order valence-electron chi connectivity index (χ3n) is 4.76. The summed E-state index contributed by atoms with van der Waals surface area (Å²) in [5.74, 6) is 0.744. The van der Waals surface area contributed by atoms with Gasteiger partial charge in [0.2, 0.25) is 11.7 Å².